The average molecular weight is 165 g/mol. The molecular weight excluding hydrogens is 159 g/mol. The molecule has 62 valence electrons. The Morgan fingerprint density at radius 2 is 2.18 bits per heavy atom. The van der Waals surface area contributed by atoms with Crippen LogP contribution in [0.25, 0.3) is 0 Å². The fourth-order valence-corrected chi connectivity index (χ4v) is 0.604. The normalized spacial score (nSPS) is 16.8. The number of nitrogens with one attached hydrogen (secondary N) is 1. The molecule has 11 heavy (non-hydrogen) atoms. The molecule has 0 spiro atoms. The number of halogens is 3. The van der Waals surface area contributed by atoms with Crippen LogP contribution < -0.4 is 5.43 Å². The van der Waals surface area contributed by atoms with Gasteiger partial charge in [0.1, 0.15) is 12.9 Å². The number of nitrogens with zero attached hydrogens (tertiary/aromatic N) is 2. The molecule has 3 nitrogen and oxygen atoms in total. The van der Waals surface area contributed by atoms with Crippen molar-refractivity contribution in [3.63, 3.8) is 0 Å². The van der Waals surface area contributed by atoms with Gasteiger partial charge in [0, 0.05) is 12.4 Å². The summed E-state index contributed by atoms with van der Waals surface area (Å²) in [6.07, 6.45) is -0.510. The molecular formula is C5H6F3N3. The van der Waals surface area contributed by atoms with Crippen molar-refractivity contribution >= 4 is 6.34 Å². The first-order chi connectivity index (χ1) is 5.08. The van der Waals surface area contributed by atoms with Gasteiger partial charge < -0.3 is 0 Å². The molecule has 0 aromatic carbocycles. The summed E-state index contributed by atoms with van der Waals surface area (Å²) < 4.78 is 35.0. The summed E-state index contributed by atoms with van der Waals surface area (Å²) in [6.45, 7) is -1.02. The van der Waals surface area contributed by atoms with Crippen molar-refractivity contribution in [2.24, 2.45) is 4.99 Å². The van der Waals surface area contributed by atoms with Gasteiger partial charge in [0.2, 0.25) is 0 Å². The van der Waals surface area contributed by atoms with E-state index in [-0.39, 0.29) is 0 Å². The quantitative estimate of drug-likeness (QED) is 0.624. The van der Waals surface area contributed by atoms with Crippen molar-refractivity contribution < 1.29 is 13.2 Å². The molecule has 0 radical (unpaired) electrons. The molecule has 1 aliphatic rings. The van der Waals surface area contributed by atoms with Crippen LogP contribution in [0.3, 0.4) is 0 Å². The Morgan fingerprint density at radius 1 is 1.45 bits per heavy atom. The predicted octanol–water partition coefficient (Wildman–Crippen LogP) is 0.868. The minimum absolute atomic E-state index is 0.896. The predicted molar refractivity (Wildman–Crippen MR) is 33.5 cm³/mol. The number of rotatable bonds is 1. The third kappa shape index (κ3) is 2.92. The maximum absolute atomic E-state index is 11.7. The van der Waals surface area contributed by atoms with Crippen LogP contribution in [0.15, 0.2) is 17.4 Å². The van der Waals surface area contributed by atoms with Crippen molar-refractivity contribution in [1.82, 2.24) is 10.4 Å². The minimum atomic E-state index is -4.19. The summed E-state index contributed by atoms with van der Waals surface area (Å²) in [6, 6.07) is 0. The van der Waals surface area contributed by atoms with Crippen molar-refractivity contribution in [2.45, 2.75) is 6.18 Å². The van der Waals surface area contributed by atoms with Gasteiger partial charge in [-0.2, -0.15) is 13.2 Å². The molecule has 0 saturated carbocycles. The Hall–Kier alpha value is -1.20. The Bertz CT molecular complexity index is 184. The second-order valence-electron chi connectivity index (χ2n) is 1.95. The van der Waals surface area contributed by atoms with E-state index in [1.54, 1.807) is 0 Å². The largest absolute Gasteiger partial charge is 0.407 e. The van der Waals surface area contributed by atoms with Crippen LogP contribution >= 0.6 is 0 Å². The number of hydrazine groups is 1. The summed E-state index contributed by atoms with van der Waals surface area (Å²) in [5, 5.41) is 0.896. The first kappa shape index (κ1) is 7.90. The van der Waals surface area contributed by atoms with Crippen LogP contribution in [0, 0.1) is 0 Å². The summed E-state index contributed by atoms with van der Waals surface area (Å²) in [5.74, 6) is 0. The van der Waals surface area contributed by atoms with Crippen molar-refractivity contribution in [3.8, 4) is 0 Å². The Morgan fingerprint density at radius 3 is 2.64 bits per heavy atom. The van der Waals surface area contributed by atoms with Gasteiger partial charge in [-0.05, 0) is 0 Å². The average Bonchev–Trinajstić information content (AvgIpc) is 1.85. The molecule has 6 heteroatoms. The van der Waals surface area contributed by atoms with Gasteiger partial charge >= 0.3 is 6.18 Å². The monoisotopic (exact) mass is 165 g/mol. The van der Waals surface area contributed by atoms with Gasteiger partial charge in [-0.15, -0.1) is 0 Å². The summed E-state index contributed by atoms with van der Waals surface area (Å²) >= 11 is 0. The van der Waals surface area contributed by atoms with E-state index in [2.05, 4.69) is 10.4 Å². The lowest BCUT2D eigenvalue weighted by Crippen LogP contribution is -2.40. The molecule has 1 aliphatic heterocycles. The fourth-order valence-electron chi connectivity index (χ4n) is 0.604. The van der Waals surface area contributed by atoms with E-state index in [1.807, 2.05) is 0 Å². The van der Waals surface area contributed by atoms with E-state index >= 15 is 0 Å². The van der Waals surface area contributed by atoms with Crippen molar-refractivity contribution in [3.05, 3.63) is 12.4 Å². The topological polar surface area (TPSA) is 27.6 Å². The third-order valence-corrected chi connectivity index (χ3v) is 0.980. The highest BCUT2D eigenvalue weighted by Gasteiger charge is 2.29. The molecule has 0 bridgehead atoms. The zero-order chi connectivity index (χ0) is 8.32. The first-order valence-corrected chi connectivity index (χ1v) is 2.86. The molecule has 0 unspecified atom stereocenters. The van der Waals surface area contributed by atoms with Gasteiger partial charge in [0.05, 0.1) is 0 Å². The molecule has 0 amide bonds. The van der Waals surface area contributed by atoms with E-state index in [0.29, 0.717) is 0 Å². The van der Waals surface area contributed by atoms with Crippen LogP contribution in [0.4, 0.5) is 13.2 Å². The van der Waals surface area contributed by atoms with Gasteiger partial charge in [0.25, 0.3) is 0 Å². The Balaban J connectivity index is 2.39. The molecule has 1 rings (SSSR count). The second kappa shape index (κ2) is 2.81. The summed E-state index contributed by atoms with van der Waals surface area (Å²) in [7, 11) is 0. The van der Waals surface area contributed by atoms with Crippen LogP contribution in [0.1, 0.15) is 0 Å². The lowest BCUT2D eigenvalue weighted by molar-refractivity contribution is -0.143. The lowest BCUT2D eigenvalue weighted by atomic mass is 10.6. The number of alkyl halides is 3. The molecule has 0 saturated heterocycles. The molecule has 0 aromatic heterocycles. The maximum atomic E-state index is 11.7. The lowest BCUT2D eigenvalue weighted by Gasteiger charge is -2.22. The first-order valence-electron chi connectivity index (χ1n) is 2.86. The zero-order valence-corrected chi connectivity index (χ0v) is 5.47. The molecule has 1 heterocycles. The molecule has 0 atom stereocenters. The highest BCUT2D eigenvalue weighted by atomic mass is 19.4. The van der Waals surface area contributed by atoms with Gasteiger partial charge in [-0.1, -0.05) is 0 Å². The van der Waals surface area contributed by atoms with Crippen LogP contribution in [-0.4, -0.2) is 24.1 Å². The molecule has 1 N–H and O–H groups in total. The highest BCUT2D eigenvalue weighted by molar-refractivity contribution is 5.55. The molecule has 0 aliphatic carbocycles. The van der Waals surface area contributed by atoms with Gasteiger partial charge in [0.15, 0.2) is 0 Å². The van der Waals surface area contributed by atoms with Crippen molar-refractivity contribution in [1.29, 1.82) is 0 Å². The van der Waals surface area contributed by atoms with Crippen LogP contribution in [0.5, 0.6) is 0 Å². The van der Waals surface area contributed by atoms with Crippen LogP contribution in [-0.2, 0) is 0 Å². The van der Waals surface area contributed by atoms with Gasteiger partial charge in [-0.3, -0.25) is 10.4 Å². The van der Waals surface area contributed by atoms with E-state index in [1.165, 1.54) is 18.7 Å². The van der Waals surface area contributed by atoms with E-state index in [0.717, 1.165) is 5.01 Å². The number of hydrogen-bond acceptors (Lipinski definition) is 3. The second-order valence-corrected chi connectivity index (χ2v) is 1.95. The molecule has 0 aromatic rings. The Labute approximate surface area is 61.2 Å². The number of hydrogen-bond donors (Lipinski definition) is 1. The number of aliphatic imine (C=N–C) groups is 1. The SMILES string of the molecule is FC(F)(F)CN1C=CN=CN1. The van der Waals surface area contributed by atoms with E-state index < -0.39 is 12.7 Å². The van der Waals surface area contributed by atoms with Crippen molar-refractivity contribution in [2.75, 3.05) is 6.54 Å². The third-order valence-electron chi connectivity index (χ3n) is 0.980. The summed E-state index contributed by atoms with van der Waals surface area (Å²) in [4.78, 5) is 3.53. The fraction of sp³-hybridized carbons (Fsp3) is 0.400. The summed E-state index contributed by atoms with van der Waals surface area (Å²) in [5.41, 5.74) is 2.31. The smallest absolute Gasteiger partial charge is 0.288 e. The van der Waals surface area contributed by atoms with E-state index in [9.17, 15) is 13.2 Å². The van der Waals surface area contributed by atoms with Crippen LogP contribution in [0.2, 0.25) is 0 Å². The van der Waals surface area contributed by atoms with Gasteiger partial charge in [-0.25, -0.2) is 4.99 Å². The molecule has 0 fully saturated rings. The van der Waals surface area contributed by atoms with E-state index in [4.69, 9.17) is 0 Å². The Kier molecular flexibility index (Phi) is 2.02. The maximum Gasteiger partial charge on any atom is 0.407 e. The zero-order valence-electron chi connectivity index (χ0n) is 5.47. The highest BCUT2D eigenvalue weighted by Crippen LogP contribution is 2.15. The minimum Gasteiger partial charge on any atom is -0.288 e. The standard InChI is InChI=1S/C5H6F3N3/c6-5(7,8)3-11-2-1-9-4-10-11/h1-2,4H,3H2,(H,9,10).